The number of ether oxygens (including phenoxy) is 1. The van der Waals surface area contributed by atoms with E-state index in [2.05, 4.69) is 0 Å². The molecule has 90 valence electrons. The van der Waals surface area contributed by atoms with Gasteiger partial charge in [-0.1, -0.05) is 0 Å². The molecule has 0 bridgehead atoms. The smallest absolute Gasteiger partial charge is 0.410 e. The minimum atomic E-state index is -0.536. The number of carbonyl (C=O) groups excluding carboxylic acids is 2. The van der Waals surface area contributed by atoms with Gasteiger partial charge in [0.25, 0.3) is 0 Å². The summed E-state index contributed by atoms with van der Waals surface area (Å²) in [6.07, 6.45) is 0.580. The molecule has 0 aromatic heterocycles. The molecule has 2 amide bonds. The van der Waals surface area contributed by atoms with E-state index in [9.17, 15) is 9.59 Å². The first-order chi connectivity index (χ1) is 7.29. The Labute approximate surface area is 94.9 Å². The quantitative estimate of drug-likeness (QED) is 0.716. The van der Waals surface area contributed by atoms with E-state index in [0.717, 1.165) is 6.42 Å². The Morgan fingerprint density at radius 3 is 2.50 bits per heavy atom. The molecule has 0 aromatic carbocycles. The Hall–Kier alpha value is -1.26. The number of amides is 2. The lowest BCUT2D eigenvalue weighted by atomic mass is 10.2. The number of fused-ring (bicyclic) bond motifs is 1. The highest BCUT2D eigenvalue weighted by molar-refractivity contribution is 5.86. The zero-order chi connectivity index (χ0) is 12.1. The monoisotopic (exact) mass is 226 g/mol. The first-order valence-corrected chi connectivity index (χ1v) is 5.58. The number of carbonyl (C=O) groups is 2. The highest BCUT2D eigenvalue weighted by Gasteiger charge is 2.57. The highest BCUT2D eigenvalue weighted by atomic mass is 16.6. The Morgan fingerprint density at radius 1 is 1.38 bits per heavy atom. The van der Waals surface area contributed by atoms with Crippen LogP contribution >= 0.6 is 0 Å². The molecule has 2 aliphatic rings. The van der Waals surface area contributed by atoms with E-state index in [-0.39, 0.29) is 5.92 Å². The maximum Gasteiger partial charge on any atom is 0.410 e. The van der Waals surface area contributed by atoms with Crippen LogP contribution in [0, 0.1) is 11.8 Å². The van der Waals surface area contributed by atoms with Gasteiger partial charge in [-0.15, -0.1) is 0 Å². The molecule has 2 fully saturated rings. The van der Waals surface area contributed by atoms with Crippen LogP contribution < -0.4 is 5.73 Å². The normalized spacial score (nSPS) is 32.2. The Kier molecular flexibility index (Phi) is 2.36. The molecule has 1 heterocycles. The van der Waals surface area contributed by atoms with Crippen molar-refractivity contribution in [1.82, 2.24) is 4.90 Å². The number of rotatable bonds is 1. The van der Waals surface area contributed by atoms with Crippen LogP contribution in [0.3, 0.4) is 0 Å². The molecule has 1 aliphatic carbocycles. The van der Waals surface area contributed by atoms with Crippen LogP contribution in [0.25, 0.3) is 0 Å². The number of likely N-dealkylation sites (tertiary alicyclic amines) is 1. The van der Waals surface area contributed by atoms with E-state index in [4.69, 9.17) is 10.5 Å². The van der Waals surface area contributed by atoms with Gasteiger partial charge in [0.2, 0.25) is 5.91 Å². The molecule has 0 unspecified atom stereocenters. The van der Waals surface area contributed by atoms with Crippen molar-refractivity contribution < 1.29 is 14.3 Å². The van der Waals surface area contributed by atoms with Gasteiger partial charge in [0.1, 0.15) is 11.6 Å². The SMILES string of the molecule is CC(C)(C)OC(=O)N1C[C@H]2C[C@H]2[C@H]1C(N)=O. The topological polar surface area (TPSA) is 72.6 Å². The summed E-state index contributed by atoms with van der Waals surface area (Å²) in [4.78, 5) is 24.6. The van der Waals surface area contributed by atoms with Gasteiger partial charge in [-0.05, 0) is 39.0 Å². The largest absolute Gasteiger partial charge is 0.444 e. The third-order valence-electron chi connectivity index (χ3n) is 3.07. The first-order valence-electron chi connectivity index (χ1n) is 5.58. The molecular formula is C11H18N2O3. The van der Waals surface area contributed by atoms with Crippen molar-refractivity contribution in [3.63, 3.8) is 0 Å². The van der Waals surface area contributed by atoms with E-state index in [1.54, 1.807) is 20.8 Å². The van der Waals surface area contributed by atoms with Crippen LogP contribution in [-0.2, 0) is 9.53 Å². The molecule has 2 N–H and O–H groups in total. The summed E-state index contributed by atoms with van der Waals surface area (Å²) in [6.45, 7) is 6.02. The number of hydrogen-bond acceptors (Lipinski definition) is 3. The molecule has 2 rings (SSSR count). The fourth-order valence-corrected chi connectivity index (χ4v) is 2.34. The predicted octanol–water partition coefficient (Wildman–Crippen LogP) is 0.727. The molecule has 16 heavy (non-hydrogen) atoms. The summed E-state index contributed by atoms with van der Waals surface area (Å²) < 4.78 is 5.25. The van der Waals surface area contributed by atoms with Gasteiger partial charge in [0.05, 0.1) is 0 Å². The number of nitrogens with zero attached hydrogens (tertiary/aromatic N) is 1. The second-order valence-corrected chi connectivity index (χ2v) is 5.64. The number of primary amides is 1. The Bertz CT molecular complexity index is 335. The summed E-state index contributed by atoms with van der Waals surface area (Å²) in [5.41, 5.74) is 4.78. The molecule has 1 aliphatic heterocycles. The van der Waals surface area contributed by atoms with Crippen molar-refractivity contribution >= 4 is 12.0 Å². The van der Waals surface area contributed by atoms with E-state index in [0.29, 0.717) is 12.5 Å². The molecule has 5 heteroatoms. The van der Waals surface area contributed by atoms with Crippen molar-refractivity contribution in [2.24, 2.45) is 17.6 Å². The number of piperidine rings is 1. The summed E-state index contributed by atoms with van der Waals surface area (Å²) in [5.74, 6) is 0.297. The van der Waals surface area contributed by atoms with Gasteiger partial charge in [-0.2, -0.15) is 0 Å². The van der Waals surface area contributed by atoms with Crippen molar-refractivity contribution in [3.05, 3.63) is 0 Å². The lowest BCUT2D eigenvalue weighted by molar-refractivity contribution is -0.123. The van der Waals surface area contributed by atoms with Crippen LogP contribution in [0.5, 0.6) is 0 Å². The average Bonchev–Trinajstić information content (AvgIpc) is 2.73. The zero-order valence-electron chi connectivity index (χ0n) is 9.90. The lowest BCUT2D eigenvalue weighted by Gasteiger charge is -2.28. The van der Waals surface area contributed by atoms with Gasteiger partial charge >= 0.3 is 6.09 Å². The minimum absolute atomic E-state index is 0.269. The molecule has 1 saturated carbocycles. The molecule has 0 aromatic rings. The fourth-order valence-electron chi connectivity index (χ4n) is 2.34. The first kappa shape index (κ1) is 11.2. The van der Waals surface area contributed by atoms with Crippen molar-refractivity contribution in [2.75, 3.05) is 6.54 Å². The van der Waals surface area contributed by atoms with E-state index in [1.165, 1.54) is 4.90 Å². The second-order valence-electron chi connectivity index (χ2n) is 5.64. The lowest BCUT2D eigenvalue weighted by Crippen LogP contribution is -2.48. The summed E-state index contributed by atoms with van der Waals surface area (Å²) in [6, 6.07) is -0.458. The summed E-state index contributed by atoms with van der Waals surface area (Å²) in [7, 11) is 0. The zero-order valence-corrected chi connectivity index (χ0v) is 9.90. The maximum atomic E-state index is 11.8. The molecule has 0 radical (unpaired) electrons. The van der Waals surface area contributed by atoms with E-state index in [1.807, 2.05) is 0 Å². The van der Waals surface area contributed by atoms with E-state index < -0.39 is 23.6 Å². The van der Waals surface area contributed by atoms with Crippen LogP contribution in [-0.4, -0.2) is 35.1 Å². The number of hydrogen-bond donors (Lipinski definition) is 1. The number of nitrogens with two attached hydrogens (primary N) is 1. The van der Waals surface area contributed by atoms with Gasteiger partial charge in [0.15, 0.2) is 0 Å². The van der Waals surface area contributed by atoms with Crippen molar-refractivity contribution in [1.29, 1.82) is 0 Å². The van der Waals surface area contributed by atoms with Crippen LogP contribution in [0.2, 0.25) is 0 Å². The molecule has 0 spiro atoms. The molecule has 5 nitrogen and oxygen atoms in total. The average molecular weight is 226 g/mol. The standard InChI is InChI=1S/C11H18N2O3/c1-11(2,3)16-10(15)13-5-6-4-7(6)8(13)9(12)14/h6-8H,4-5H2,1-3H3,(H2,12,14)/t6-,7-,8+/m1/s1. The molecule has 3 atom stereocenters. The summed E-state index contributed by atoms with van der Waals surface area (Å²) >= 11 is 0. The van der Waals surface area contributed by atoms with Crippen LogP contribution in [0.1, 0.15) is 27.2 Å². The van der Waals surface area contributed by atoms with E-state index >= 15 is 0 Å². The summed E-state index contributed by atoms with van der Waals surface area (Å²) in [5, 5.41) is 0. The Balaban J connectivity index is 2.04. The van der Waals surface area contributed by atoms with Gasteiger partial charge < -0.3 is 10.5 Å². The van der Waals surface area contributed by atoms with Gasteiger partial charge in [0, 0.05) is 6.54 Å². The van der Waals surface area contributed by atoms with Crippen molar-refractivity contribution in [2.45, 2.75) is 38.8 Å². The maximum absolute atomic E-state index is 11.8. The third kappa shape index (κ3) is 1.99. The van der Waals surface area contributed by atoms with Crippen LogP contribution in [0.4, 0.5) is 4.79 Å². The van der Waals surface area contributed by atoms with Crippen molar-refractivity contribution in [3.8, 4) is 0 Å². The molecular weight excluding hydrogens is 208 g/mol. The molecule has 1 saturated heterocycles. The van der Waals surface area contributed by atoms with Gasteiger partial charge in [-0.25, -0.2) is 4.79 Å². The Morgan fingerprint density at radius 2 is 2.00 bits per heavy atom. The fraction of sp³-hybridized carbons (Fsp3) is 0.818. The minimum Gasteiger partial charge on any atom is -0.444 e. The predicted molar refractivity (Wildman–Crippen MR) is 57.5 cm³/mol. The third-order valence-corrected chi connectivity index (χ3v) is 3.07. The van der Waals surface area contributed by atoms with Crippen LogP contribution in [0.15, 0.2) is 0 Å². The van der Waals surface area contributed by atoms with Gasteiger partial charge in [-0.3, -0.25) is 9.69 Å². The highest BCUT2D eigenvalue weighted by Crippen LogP contribution is 2.49. The second kappa shape index (κ2) is 3.37.